The first-order chi connectivity index (χ1) is 11.1. The molecule has 4 atom stereocenters. The predicted molar refractivity (Wildman–Crippen MR) is 91.7 cm³/mol. The zero-order valence-electron chi connectivity index (χ0n) is 14.9. The van der Waals surface area contributed by atoms with E-state index in [-0.39, 0.29) is 16.6 Å². The lowest BCUT2D eigenvalue weighted by Gasteiger charge is -2.60. The lowest BCUT2D eigenvalue weighted by Crippen LogP contribution is -2.56. The molecule has 4 rings (SSSR count). The van der Waals surface area contributed by atoms with E-state index in [0.717, 1.165) is 19.6 Å². The van der Waals surface area contributed by atoms with Crippen LogP contribution in [-0.2, 0) is 9.47 Å². The van der Waals surface area contributed by atoms with Crippen LogP contribution in [0, 0.1) is 34.5 Å². The maximum Gasteiger partial charge on any atom is 0.171 e. The van der Waals surface area contributed by atoms with E-state index in [1.807, 2.05) is 6.92 Å². The molecule has 0 aromatic rings. The Labute approximate surface area is 141 Å². The molecule has 2 saturated carbocycles. The van der Waals surface area contributed by atoms with Crippen molar-refractivity contribution in [2.75, 3.05) is 13.2 Å². The first-order valence-electron chi connectivity index (χ1n) is 9.49. The Bertz CT molecular complexity index is 574. The van der Waals surface area contributed by atoms with Gasteiger partial charge in [-0.1, -0.05) is 25.8 Å². The van der Waals surface area contributed by atoms with E-state index >= 15 is 0 Å². The first-order valence-corrected chi connectivity index (χ1v) is 9.49. The Morgan fingerprint density at radius 2 is 1.91 bits per heavy atom. The van der Waals surface area contributed by atoms with Crippen molar-refractivity contribution in [3.63, 3.8) is 0 Å². The SMILES string of the molecule is CC#CC12CCCC=C1C1(C)CCC3(OCCO3)C(C)C1CC2. The van der Waals surface area contributed by atoms with Crippen LogP contribution in [0.2, 0.25) is 0 Å². The van der Waals surface area contributed by atoms with Crippen molar-refractivity contribution >= 4 is 0 Å². The van der Waals surface area contributed by atoms with Gasteiger partial charge in [0.15, 0.2) is 5.79 Å². The summed E-state index contributed by atoms with van der Waals surface area (Å²) in [6.45, 7) is 8.42. The minimum absolute atomic E-state index is 0.167. The average Bonchev–Trinajstić information content (AvgIpc) is 3.02. The Kier molecular flexibility index (Phi) is 3.67. The van der Waals surface area contributed by atoms with Gasteiger partial charge in [-0.05, 0) is 62.4 Å². The number of fused-ring (bicyclic) bond motifs is 3. The second kappa shape index (κ2) is 5.36. The molecule has 3 fully saturated rings. The number of allylic oxidation sites excluding steroid dienone is 2. The van der Waals surface area contributed by atoms with E-state index in [0.29, 0.717) is 11.8 Å². The Balaban J connectivity index is 1.73. The quantitative estimate of drug-likeness (QED) is 0.477. The smallest absolute Gasteiger partial charge is 0.171 e. The molecule has 1 spiro atoms. The van der Waals surface area contributed by atoms with Crippen LogP contribution in [0.5, 0.6) is 0 Å². The number of rotatable bonds is 0. The van der Waals surface area contributed by atoms with Gasteiger partial charge in [0.25, 0.3) is 0 Å². The lowest BCUT2D eigenvalue weighted by molar-refractivity contribution is -0.243. The normalized spacial score (nSPS) is 44.7. The van der Waals surface area contributed by atoms with Gasteiger partial charge >= 0.3 is 0 Å². The number of hydrogen-bond acceptors (Lipinski definition) is 2. The second-order valence-corrected chi connectivity index (χ2v) is 8.33. The van der Waals surface area contributed by atoms with Gasteiger partial charge < -0.3 is 9.47 Å². The summed E-state index contributed by atoms with van der Waals surface area (Å²) in [7, 11) is 0. The third-order valence-electron chi connectivity index (χ3n) is 7.42. The molecular formula is C21H30O2. The van der Waals surface area contributed by atoms with Crippen molar-refractivity contribution in [1.82, 2.24) is 0 Å². The molecule has 4 unspecified atom stereocenters. The third kappa shape index (κ3) is 2.09. The highest BCUT2D eigenvalue weighted by Gasteiger charge is 2.60. The summed E-state index contributed by atoms with van der Waals surface area (Å²) in [5.41, 5.74) is 2.11. The molecule has 4 aliphatic rings. The molecule has 0 radical (unpaired) electrons. The van der Waals surface area contributed by atoms with E-state index in [2.05, 4.69) is 31.8 Å². The Morgan fingerprint density at radius 1 is 1.13 bits per heavy atom. The van der Waals surface area contributed by atoms with E-state index in [4.69, 9.17) is 9.47 Å². The molecule has 0 bridgehead atoms. The standard InChI is InChI=1S/C21H30O2/c1-4-9-20-10-6-5-7-18(20)19(3)12-13-21(22-14-15-23-21)16(2)17(19)8-11-20/h7,16-17H,5-6,8,10-15H2,1-3H3. The monoisotopic (exact) mass is 314 g/mol. The minimum Gasteiger partial charge on any atom is -0.347 e. The van der Waals surface area contributed by atoms with Crippen LogP contribution < -0.4 is 0 Å². The van der Waals surface area contributed by atoms with Crippen LogP contribution in [0.3, 0.4) is 0 Å². The van der Waals surface area contributed by atoms with Crippen molar-refractivity contribution in [3.05, 3.63) is 11.6 Å². The highest BCUT2D eigenvalue weighted by Crippen LogP contribution is 2.65. The van der Waals surface area contributed by atoms with Gasteiger partial charge in [0.05, 0.1) is 18.6 Å². The molecule has 126 valence electrons. The van der Waals surface area contributed by atoms with E-state index in [1.54, 1.807) is 5.57 Å². The highest BCUT2D eigenvalue weighted by atomic mass is 16.7. The topological polar surface area (TPSA) is 18.5 Å². The van der Waals surface area contributed by atoms with Gasteiger partial charge in [0, 0.05) is 12.3 Å². The summed E-state index contributed by atoms with van der Waals surface area (Å²) in [6.07, 6.45) is 11.0. The van der Waals surface area contributed by atoms with Gasteiger partial charge in [0.2, 0.25) is 0 Å². The largest absolute Gasteiger partial charge is 0.347 e. The van der Waals surface area contributed by atoms with Crippen LogP contribution in [0.1, 0.15) is 65.7 Å². The fraction of sp³-hybridized carbons (Fsp3) is 0.810. The van der Waals surface area contributed by atoms with Crippen molar-refractivity contribution in [3.8, 4) is 11.8 Å². The molecule has 3 aliphatic carbocycles. The summed E-state index contributed by atoms with van der Waals surface area (Å²) in [5.74, 6) is 7.75. The maximum atomic E-state index is 6.13. The fourth-order valence-corrected chi connectivity index (χ4v) is 6.34. The molecule has 0 aromatic heterocycles. The second-order valence-electron chi connectivity index (χ2n) is 8.33. The average molecular weight is 314 g/mol. The Morgan fingerprint density at radius 3 is 2.65 bits per heavy atom. The number of hydrogen-bond donors (Lipinski definition) is 0. The van der Waals surface area contributed by atoms with Crippen molar-refractivity contribution in [2.45, 2.75) is 71.5 Å². The highest BCUT2D eigenvalue weighted by molar-refractivity contribution is 5.38. The van der Waals surface area contributed by atoms with Crippen LogP contribution in [0.4, 0.5) is 0 Å². The van der Waals surface area contributed by atoms with Gasteiger partial charge in [-0.2, -0.15) is 0 Å². The molecule has 1 aliphatic heterocycles. The van der Waals surface area contributed by atoms with E-state index in [9.17, 15) is 0 Å². The molecule has 1 saturated heterocycles. The summed E-state index contributed by atoms with van der Waals surface area (Å²) >= 11 is 0. The van der Waals surface area contributed by atoms with Crippen LogP contribution in [0.25, 0.3) is 0 Å². The molecule has 0 aromatic carbocycles. The van der Waals surface area contributed by atoms with E-state index in [1.165, 1.54) is 38.5 Å². The predicted octanol–water partition coefficient (Wildman–Crippen LogP) is 4.70. The van der Waals surface area contributed by atoms with E-state index < -0.39 is 0 Å². The molecular weight excluding hydrogens is 284 g/mol. The molecule has 1 heterocycles. The molecule has 23 heavy (non-hydrogen) atoms. The van der Waals surface area contributed by atoms with Crippen molar-refractivity contribution in [1.29, 1.82) is 0 Å². The summed E-state index contributed by atoms with van der Waals surface area (Å²) in [6, 6.07) is 0. The van der Waals surface area contributed by atoms with Gasteiger partial charge in [-0.25, -0.2) is 0 Å². The summed E-state index contributed by atoms with van der Waals surface area (Å²) < 4.78 is 12.3. The van der Waals surface area contributed by atoms with Crippen LogP contribution in [-0.4, -0.2) is 19.0 Å². The molecule has 2 heteroatoms. The summed E-state index contributed by atoms with van der Waals surface area (Å²) in [4.78, 5) is 0. The van der Waals surface area contributed by atoms with Gasteiger partial charge in [0.1, 0.15) is 0 Å². The van der Waals surface area contributed by atoms with Gasteiger partial charge in [-0.3, -0.25) is 0 Å². The maximum absolute atomic E-state index is 6.13. The first kappa shape index (κ1) is 15.7. The minimum atomic E-state index is -0.296. The molecule has 0 N–H and O–H groups in total. The zero-order valence-corrected chi connectivity index (χ0v) is 14.9. The molecule has 2 nitrogen and oxygen atoms in total. The zero-order chi connectivity index (χ0) is 16.1. The lowest BCUT2D eigenvalue weighted by atomic mass is 9.46. The summed E-state index contributed by atoms with van der Waals surface area (Å²) in [5, 5.41) is 0. The fourth-order valence-electron chi connectivity index (χ4n) is 6.34. The third-order valence-corrected chi connectivity index (χ3v) is 7.42. The van der Waals surface area contributed by atoms with Crippen LogP contribution >= 0.6 is 0 Å². The molecule has 0 amide bonds. The number of ether oxygens (including phenoxy) is 2. The Hall–Kier alpha value is -0.780. The van der Waals surface area contributed by atoms with Crippen LogP contribution in [0.15, 0.2) is 11.6 Å². The van der Waals surface area contributed by atoms with Crippen molar-refractivity contribution in [2.24, 2.45) is 22.7 Å². The van der Waals surface area contributed by atoms with Crippen molar-refractivity contribution < 1.29 is 9.47 Å². The van der Waals surface area contributed by atoms with Gasteiger partial charge in [-0.15, -0.1) is 5.92 Å².